The van der Waals surface area contributed by atoms with Crippen LogP contribution in [0.25, 0.3) is 0 Å². The Bertz CT molecular complexity index is 310. The molecule has 0 heterocycles. The summed E-state index contributed by atoms with van der Waals surface area (Å²) in [5, 5.41) is 8.55. The van der Waals surface area contributed by atoms with Crippen LogP contribution >= 0.6 is 0 Å². The van der Waals surface area contributed by atoms with E-state index in [4.69, 9.17) is 5.11 Å². The van der Waals surface area contributed by atoms with E-state index in [9.17, 15) is 0 Å². The maximum Gasteiger partial charge on any atom is 0.0891 e. The van der Waals surface area contributed by atoms with E-state index in [2.05, 4.69) is 34.3 Å². The fourth-order valence-electron chi connectivity index (χ4n) is 3.68. The summed E-state index contributed by atoms with van der Waals surface area (Å²) < 4.78 is 0. The van der Waals surface area contributed by atoms with Crippen molar-refractivity contribution in [1.29, 1.82) is 0 Å². The second-order valence-corrected chi connectivity index (χ2v) is 5.95. The summed E-state index contributed by atoms with van der Waals surface area (Å²) in [6.07, 6.45) is 12.4. The van der Waals surface area contributed by atoms with Gasteiger partial charge < -0.3 is 5.11 Å². The fourth-order valence-corrected chi connectivity index (χ4v) is 3.68. The van der Waals surface area contributed by atoms with Crippen LogP contribution in [0.1, 0.15) is 88.0 Å². The summed E-state index contributed by atoms with van der Waals surface area (Å²) in [7, 11) is 0. The normalized spacial score (nSPS) is 25.6. The first kappa shape index (κ1) is 27.8. The number of aliphatic hydroxyl groups excluding tert-OH is 1. The van der Waals surface area contributed by atoms with E-state index in [0.29, 0.717) is 5.76 Å². The molecule has 4 unspecified atom stereocenters. The van der Waals surface area contributed by atoms with E-state index < -0.39 is 0 Å². The number of rotatable bonds is 5. The second kappa shape index (κ2) is 20.1. The molecule has 0 saturated heterocycles. The van der Waals surface area contributed by atoms with Gasteiger partial charge in [0.2, 0.25) is 0 Å². The van der Waals surface area contributed by atoms with Gasteiger partial charge >= 0.3 is 0 Å². The predicted octanol–water partition coefficient (Wildman–Crippen LogP) is 8.35. The van der Waals surface area contributed by atoms with Gasteiger partial charge in [0.05, 0.1) is 5.76 Å². The lowest BCUT2D eigenvalue weighted by Gasteiger charge is -2.22. The standard InChI is InChI=1S/C12H24.C7H10O.2C2H6/c1-5-10-8-9(4)11(6-2)12(10)7-3;1-3-4-5-6-7(2)8;2*1-2/h9-12H,5-8H2,1-4H3;3-6,8H,1H2,2H3;2*1-2H3/b;5-4-,7-6+;;. The van der Waals surface area contributed by atoms with Gasteiger partial charge in [0, 0.05) is 0 Å². The molecule has 0 aliphatic heterocycles. The highest BCUT2D eigenvalue weighted by molar-refractivity contribution is 5.10. The number of hydrogen-bond donors (Lipinski definition) is 1. The zero-order valence-electron chi connectivity index (χ0n) is 18.1. The summed E-state index contributed by atoms with van der Waals surface area (Å²) in [6, 6.07) is 0. The molecular weight excluding hydrogens is 292 g/mol. The largest absolute Gasteiger partial charge is 0.513 e. The first-order valence-electron chi connectivity index (χ1n) is 10.2. The molecule has 1 aliphatic carbocycles. The summed E-state index contributed by atoms with van der Waals surface area (Å²) in [5.74, 6) is 4.40. The molecule has 144 valence electrons. The Morgan fingerprint density at radius 3 is 1.79 bits per heavy atom. The maximum atomic E-state index is 8.55. The van der Waals surface area contributed by atoms with Gasteiger partial charge in [-0.2, -0.15) is 0 Å². The van der Waals surface area contributed by atoms with Gasteiger partial charge in [-0.25, -0.2) is 0 Å². The Hall–Kier alpha value is -0.980. The number of aliphatic hydroxyl groups is 1. The van der Waals surface area contributed by atoms with Crippen LogP contribution in [-0.2, 0) is 0 Å². The van der Waals surface area contributed by atoms with E-state index in [1.54, 1.807) is 31.2 Å². The summed E-state index contributed by atoms with van der Waals surface area (Å²) >= 11 is 0. The molecule has 1 fully saturated rings. The maximum absolute atomic E-state index is 8.55. The van der Waals surface area contributed by atoms with Crippen LogP contribution in [0.3, 0.4) is 0 Å². The highest BCUT2D eigenvalue weighted by Gasteiger charge is 2.37. The van der Waals surface area contributed by atoms with Crippen molar-refractivity contribution in [3.8, 4) is 0 Å². The van der Waals surface area contributed by atoms with Gasteiger partial charge in [-0.3, -0.25) is 0 Å². The molecule has 1 saturated carbocycles. The fraction of sp³-hybridized carbons (Fsp3) is 0.739. The summed E-state index contributed by atoms with van der Waals surface area (Å²) in [5.41, 5.74) is 0. The van der Waals surface area contributed by atoms with Gasteiger partial charge in [0.1, 0.15) is 0 Å². The third-order valence-electron chi connectivity index (χ3n) is 4.61. The zero-order valence-corrected chi connectivity index (χ0v) is 18.1. The molecule has 0 aromatic carbocycles. The monoisotopic (exact) mass is 338 g/mol. The molecule has 1 rings (SSSR count). The van der Waals surface area contributed by atoms with Gasteiger partial charge in [0.25, 0.3) is 0 Å². The van der Waals surface area contributed by atoms with E-state index in [0.717, 1.165) is 23.7 Å². The molecule has 0 amide bonds. The van der Waals surface area contributed by atoms with Crippen molar-refractivity contribution >= 4 is 0 Å². The van der Waals surface area contributed by atoms with Crippen molar-refractivity contribution in [2.75, 3.05) is 0 Å². The average Bonchev–Trinajstić information content (AvgIpc) is 2.93. The Balaban J connectivity index is -0.000000321. The molecule has 1 aliphatic rings. The number of hydrogen-bond acceptors (Lipinski definition) is 1. The summed E-state index contributed by atoms with van der Waals surface area (Å²) in [6.45, 7) is 22.6. The van der Waals surface area contributed by atoms with Crippen LogP contribution in [0, 0.1) is 23.7 Å². The molecule has 1 nitrogen and oxygen atoms in total. The van der Waals surface area contributed by atoms with Gasteiger partial charge in [-0.05, 0) is 43.1 Å². The van der Waals surface area contributed by atoms with Crippen LogP contribution in [-0.4, -0.2) is 5.11 Å². The molecule has 4 atom stereocenters. The molecular formula is C23H46O. The SMILES string of the molecule is C=C/C=C\C=C(/C)O.CC.CC.CCC1CC(C)C(CC)C1CC. The molecule has 1 N–H and O–H groups in total. The number of allylic oxidation sites excluding steroid dienone is 5. The highest BCUT2D eigenvalue weighted by atomic mass is 16.3. The van der Waals surface area contributed by atoms with Crippen LogP contribution < -0.4 is 0 Å². The third-order valence-corrected chi connectivity index (χ3v) is 4.61. The average molecular weight is 339 g/mol. The topological polar surface area (TPSA) is 20.2 Å². The van der Waals surface area contributed by atoms with Gasteiger partial charge in [-0.15, -0.1) is 0 Å². The lowest BCUT2D eigenvalue weighted by Crippen LogP contribution is -2.14. The molecule has 0 spiro atoms. The highest BCUT2D eigenvalue weighted by Crippen LogP contribution is 2.45. The van der Waals surface area contributed by atoms with E-state index in [-0.39, 0.29) is 0 Å². The molecule has 0 aromatic rings. The lowest BCUT2D eigenvalue weighted by atomic mass is 9.83. The predicted molar refractivity (Wildman–Crippen MR) is 114 cm³/mol. The van der Waals surface area contributed by atoms with Crippen LogP contribution in [0.5, 0.6) is 0 Å². The quantitative estimate of drug-likeness (QED) is 0.394. The van der Waals surface area contributed by atoms with Crippen LogP contribution in [0.4, 0.5) is 0 Å². The van der Waals surface area contributed by atoms with E-state index in [1.165, 1.54) is 25.7 Å². The Labute approximate surface area is 154 Å². The van der Waals surface area contributed by atoms with Crippen molar-refractivity contribution in [3.63, 3.8) is 0 Å². The Morgan fingerprint density at radius 1 is 0.958 bits per heavy atom. The van der Waals surface area contributed by atoms with Crippen molar-refractivity contribution in [2.24, 2.45) is 23.7 Å². The summed E-state index contributed by atoms with van der Waals surface area (Å²) in [4.78, 5) is 0. The first-order chi connectivity index (χ1) is 11.5. The van der Waals surface area contributed by atoms with Crippen molar-refractivity contribution in [1.82, 2.24) is 0 Å². The van der Waals surface area contributed by atoms with Gasteiger partial charge in [-0.1, -0.05) is 99.5 Å². The minimum absolute atomic E-state index is 0.308. The Morgan fingerprint density at radius 2 is 1.46 bits per heavy atom. The van der Waals surface area contributed by atoms with Crippen molar-refractivity contribution < 1.29 is 5.11 Å². The minimum atomic E-state index is 0.308. The molecule has 0 aromatic heterocycles. The van der Waals surface area contributed by atoms with Crippen molar-refractivity contribution in [2.45, 2.75) is 88.0 Å². The smallest absolute Gasteiger partial charge is 0.0891 e. The first-order valence-corrected chi connectivity index (χ1v) is 10.2. The minimum Gasteiger partial charge on any atom is -0.513 e. The van der Waals surface area contributed by atoms with Crippen LogP contribution in [0.2, 0.25) is 0 Å². The van der Waals surface area contributed by atoms with Crippen molar-refractivity contribution in [3.05, 3.63) is 36.6 Å². The Kier molecular flexibility index (Phi) is 23.3. The molecule has 1 heteroatoms. The zero-order chi connectivity index (χ0) is 19.5. The van der Waals surface area contributed by atoms with Gasteiger partial charge in [0.15, 0.2) is 0 Å². The molecule has 24 heavy (non-hydrogen) atoms. The lowest BCUT2D eigenvalue weighted by molar-refractivity contribution is 0.270. The third kappa shape index (κ3) is 12.4. The molecule has 0 bridgehead atoms. The second-order valence-electron chi connectivity index (χ2n) is 5.95. The van der Waals surface area contributed by atoms with E-state index in [1.807, 2.05) is 27.7 Å². The molecule has 0 radical (unpaired) electrons. The van der Waals surface area contributed by atoms with Crippen LogP contribution in [0.15, 0.2) is 36.6 Å². The van der Waals surface area contributed by atoms with E-state index >= 15 is 0 Å².